The molecular weight excluding hydrogens is 386 g/mol. The van der Waals surface area contributed by atoms with Crippen molar-refractivity contribution in [3.63, 3.8) is 0 Å². The van der Waals surface area contributed by atoms with Gasteiger partial charge in [-0.05, 0) is 32.0 Å². The number of aromatic nitrogens is 1. The highest BCUT2D eigenvalue weighted by molar-refractivity contribution is 9.10. The Balaban J connectivity index is 1.99. The molecule has 3 aromatic rings. The first-order chi connectivity index (χ1) is 12.0. The van der Waals surface area contributed by atoms with E-state index in [1.165, 1.54) is 6.92 Å². The Hall–Kier alpha value is -2.73. The number of ketones is 1. The summed E-state index contributed by atoms with van der Waals surface area (Å²) in [7, 11) is 0. The van der Waals surface area contributed by atoms with Crippen molar-refractivity contribution in [3.8, 4) is 17.0 Å². The molecule has 1 heterocycles. The maximum Gasteiger partial charge on any atom is 0.349 e. The monoisotopic (exact) mass is 399 g/mol. The van der Waals surface area contributed by atoms with Crippen LogP contribution in [0.2, 0.25) is 0 Å². The molecule has 0 bridgehead atoms. The molecule has 0 aliphatic carbocycles. The molecule has 25 heavy (non-hydrogen) atoms. The Labute approximate surface area is 152 Å². The second-order valence-corrected chi connectivity index (χ2v) is 6.33. The number of benzene rings is 2. The van der Waals surface area contributed by atoms with Crippen molar-refractivity contribution in [3.05, 3.63) is 69.9 Å². The number of rotatable bonds is 4. The van der Waals surface area contributed by atoms with Gasteiger partial charge in [0, 0.05) is 10.0 Å². The van der Waals surface area contributed by atoms with Gasteiger partial charge >= 0.3 is 5.97 Å². The van der Waals surface area contributed by atoms with Gasteiger partial charge in [0.1, 0.15) is 22.8 Å². The van der Waals surface area contributed by atoms with Gasteiger partial charge < -0.3 is 9.26 Å². The number of hydrogen-bond acceptors (Lipinski definition) is 5. The molecule has 0 radical (unpaired) electrons. The van der Waals surface area contributed by atoms with E-state index < -0.39 is 5.97 Å². The molecule has 0 saturated heterocycles. The molecule has 0 unspecified atom stereocenters. The number of aryl methyl sites for hydroxylation is 1. The quantitative estimate of drug-likeness (QED) is 0.356. The Morgan fingerprint density at radius 1 is 1.12 bits per heavy atom. The number of Topliss-reactive ketones (excluding diaryl/α,β-unsaturated/α-hetero) is 1. The molecule has 3 rings (SSSR count). The summed E-state index contributed by atoms with van der Waals surface area (Å²) in [4.78, 5) is 24.5. The van der Waals surface area contributed by atoms with E-state index in [2.05, 4.69) is 21.1 Å². The van der Waals surface area contributed by atoms with Crippen LogP contribution in [0.4, 0.5) is 0 Å². The van der Waals surface area contributed by atoms with Crippen molar-refractivity contribution < 1.29 is 18.8 Å². The van der Waals surface area contributed by atoms with Crippen LogP contribution in [0.15, 0.2) is 57.5 Å². The summed E-state index contributed by atoms with van der Waals surface area (Å²) >= 11 is 3.31. The standard InChI is InChI=1S/C19H14BrNO4/c1-11(22)15-10-14(20)8-9-16(15)24-19(23)17-12(2)25-21-18(17)13-6-4-3-5-7-13/h3-10H,1-2H3. The zero-order chi connectivity index (χ0) is 18.0. The van der Waals surface area contributed by atoms with Gasteiger partial charge in [0.15, 0.2) is 5.78 Å². The Kier molecular flexibility index (Phi) is 4.81. The normalized spacial score (nSPS) is 10.5. The molecule has 2 aromatic carbocycles. The Morgan fingerprint density at radius 3 is 2.52 bits per heavy atom. The number of hydrogen-bond donors (Lipinski definition) is 0. The summed E-state index contributed by atoms with van der Waals surface area (Å²) < 4.78 is 11.4. The lowest BCUT2D eigenvalue weighted by Crippen LogP contribution is -2.12. The summed E-state index contributed by atoms with van der Waals surface area (Å²) in [6, 6.07) is 14.1. The van der Waals surface area contributed by atoms with Gasteiger partial charge in [0.25, 0.3) is 0 Å². The Morgan fingerprint density at radius 2 is 1.84 bits per heavy atom. The van der Waals surface area contributed by atoms with Gasteiger partial charge in [-0.15, -0.1) is 0 Å². The van der Waals surface area contributed by atoms with Crippen molar-refractivity contribution in [2.45, 2.75) is 13.8 Å². The third-order valence-electron chi connectivity index (χ3n) is 3.64. The molecule has 0 aliphatic rings. The average molecular weight is 400 g/mol. The third-order valence-corrected chi connectivity index (χ3v) is 4.13. The minimum atomic E-state index is -0.623. The fraction of sp³-hybridized carbons (Fsp3) is 0.105. The molecule has 0 amide bonds. The highest BCUT2D eigenvalue weighted by atomic mass is 79.9. The zero-order valence-electron chi connectivity index (χ0n) is 13.6. The molecule has 1 aromatic heterocycles. The van der Waals surface area contributed by atoms with Crippen LogP contribution >= 0.6 is 15.9 Å². The van der Waals surface area contributed by atoms with Crippen molar-refractivity contribution in [1.82, 2.24) is 5.16 Å². The molecule has 0 N–H and O–H groups in total. The van der Waals surface area contributed by atoms with Crippen molar-refractivity contribution in [1.29, 1.82) is 0 Å². The largest absolute Gasteiger partial charge is 0.422 e. The van der Waals surface area contributed by atoms with Crippen LogP contribution in [-0.4, -0.2) is 16.9 Å². The van der Waals surface area contributed by atoms with E-state index in [-0.39, 0.29) is 17.1 Å². The minimum Gasteiger partial charge on any atom is -0.422 e. The molecule has 0 atom stereocenters. The number of nitrogens with zero attached hydrogens (tertiary/aromatic N) is 1. The van der Waals surface area contributed by atoms with Crippen molar-refractivity contribution in [2.24, 2.45) is 0 Å². The topological polar surface area (TPSA) is 69.4 Å². The number of esters is 1. The molecule has 6 heteroatoms. The molecule has 0 fully saturated rings. The van der Waals surface area contributed by atoms with Crippen LogP contribution in [-0.2, 0) is 0 Å². The van der Waals surface area contributed by atoms with E-state index in [0.29, 0.717) is 17.0 Å². The summed E-state index contributed by atoms with van der Waals surface area (Å²) in [5.74, 6) is -0.275. The van der Waals surface area contributed by atoms with Crippen LogP contribution in [0.3, 0.4) is 0 Å². The zero-order valence-corrected chi connectivity index (χ0v) is 15.2. The van der Waals surface area contributed by atoms with E-state index in [9.17, 15) is 9.59 Å². The predicted octanol–water partition coefficient (Wildman–Crippen LogP) is 4.83. The second-order valence-electron chi connectivity index (χ2n) is 5.41. The van der Waals surface area contributed by atoms with E-state index in [1.807, 2.05) is 30.3 Å². The van der Waals surface area contributed by atoms with Crippen LogP contribution in [0, 0.1) is 6.92 Å². The van der Waals surface area contributed by atoms with E-state index >= 15 is 0 Å². The maximum absolute atomic E-state index is 12.7. The van der Waals surface area contributed by atoms with E-state index in [1.54, 1.807) is 25.1 Å². The molecule has 0 aliphatic heterocycles. The average Bonchev–Trinajstić information content (AvgIpc) is 2.98. The third kappa shape index (κ3) is 3.53. The molecule has 0 spiro atoms. The summed E-state index contributed by atoms with van der Waals surface area (Å²) in [5, 5.41) is 3.97. The lowest BCUT2D eigenvalue weighted by Gasteiger charge is -2.09. The smallest absolute Gasteiger partial charge is 0.349 e. The maximum atomic E-state index is 12.7. The lowest BCUT2D eigenvalue weighted by molar-refractivity contribution is 0.0731. The number of carbonyl (C=O) groups excluding carboxylic acids is 2. The number of ether oxygens (including phenoxy) is 1. The highest BCUT2D eigenvalue weighted by Crippen LogP contribution is 2.29. The van der Waals surface area contributed by atoms with Gasteiger partial charge in [-0.25, -0.2) is 4.79 Å². The second kappa shape index (κ2) is 7.03. The summed E-state index contributed by atoms with van der Waals surface area (Å²) in [6.45, 7) is 3.06. The Bertz CT molecular complexity index is 947. The molecule has 126 valence electrons. The van der Waals surface area contributed by atoms with Crippen molar-refractivity contribution >= 4 is 27.7 Å². The first kappa shape index (κ1) is 17.1. The first-order valence-electron chi connectivity index (χ1n) is 7.51. The number of carbonyl (C=O) groups is 2. The van der Waals surface area contributed by atoms with Gasteiger partial charge in [-0.1, -0.05) is 51.4 Å². The van der Waals surface area contributed by atoms with Crippen LogP contribution in [0.25, 0.3) is 11.3 Å². The van der Waals surface area contributed by atoms with E-state index in [4.69, 9.17) is 9.26 Å². The fourth-order valence-corrected chi connectivity index (χ4v) is 2.78. The van der Waals surface area contributed by atoms with Gasteiger partial charge in [-0.2, -0.15) is 0 Å². The minimum absolute atomic E-state index is 0.195. The van der Waals surface area contributed by atoms with Gasteiger partial charge in [0.2, 0.25) is 0 Å². The van der Waals surface area contributed by atoms with Crippen LogP contribution < -0.4 is 4.74 Å². The fourth-order valence-electron chi connectivity index (χ4n) is 2.42. The molecule has 5 nitrogen and oxygen atoms in total. The molecule has 0 saturated carbocycles. The SMILES string of the molecule is CC(=O)c1cc(Br)ccc1OC(=O)c1c(-c2ccccc2)noc1C. The van der Waals surface area contributed by atoms with Crippen LogP contribution in [0.5, 0.6) is 5.75 Å². The summed E-state index contributed by atoms with van der Waals surface area (Å²) in [6.07, 6.45) is 0. The van der Waals surface area contributed by atoms with Crippen molar-refractivity contribution in [2.75, 3.05) is 0 Å². The lowest BCUT2D eigenvalue weighted by atomic mass is 10.1. The molecular formula is C19H14BrNO4. The number of halogens is 1. The van der Waals surface area contributed by atoms with E-state index in [0.717, 1.165) is 10.0 Å². The highest BCUT2D eigenvalue weighted by Gasteiger charge is 2.24. The first-order valence-corrected chi connectivity index (χ1v) is 8.31. The van der Waals surface area contributed by atoms with Crippen LogP contribution in [0.1, 0.15) is 33.4 Å². The van der Waals surface area contributed by atoms with Gasteiger partial charge in [-0.3, -0.25) is 4.79 Å². The van der Waals surface area contributed by atoms with Gasteiger partial charge in [0.05, 0.1) is 5.56 Å². The predicted molar refractivity (Wildman–Crippen MR) is 95.8 cm³/mol. The summed E-state index contributed by atoms with van der Waals surface area (Å²) in [5.41, 5.74) is 1.71.